The monoisotopic (exact) mass is 530 g/mol. The molecule has 2 amide bonds. The van der Waals surface area contributed by atoms with Gasteiger partial charge in [-0.2, -0.15) is 0 Å². The number of nitrogens with zero attached hydrogens (tertiary/aromatic N) is 4. The second-order valence-corrected chi connectivity index (χ2v) is 9.75. The number of fused-ring (bicyclic) bond motifs is 1. The molecule has 2 aromatic rings. The molecule has 2 atom stereocenters. The molecule has 0 aromatic carbocycles. The minimum atomic E-state index is -1.21. The Kier molecular flexibility index (Phi) is 8.54. The summed E-state index contributed by atoms with van der Waals surface area (Å²) in [7, 11) is 1.28. The number of hydrogen-bond donors (Lipinski definition) is 3. The molecule has 2 aromatic heterocycles. The van der Waals surface area contributed by atoms with Gasteiger partial charge in [0.2, 0.25) is 0 Å². The molecule has 0 bridgehead atoms. The Balaban J connectivity index is 0.00000216. The number of aryl methyl sites for hydroxylation is 1. The van der Waals surface area contributed by atoms with Gasteiger partial charge < -0.3 is 22.4 Å². The summed E-state index contributed by atoms with van der Waals surface area (Å²) >= 11 is 3.94. The largest absolute Gasteiger partial charge is 1.00 e. The topological polar surface area (TPSA) is 160 Å². The van der Waals surface area contributed by atoms with E-state index >= 15 is 0 Å². The van der Waals surface area contributed by atoms with Gasteiger partial charge in [-0.1, -0.05) is 11.2 Å². The zero-order chi connectivity index (χ0) is 23.7. The van der Waals surface area contributed by atoms with Crippen LogP contribution >= 0.6 is 34.4 Å². The van der Waals surface area contributed by atoms with Crippen molar-refractivity contribution in [3.63, 3.8) is 0 Å². The second-order valence-electron chi connectivity index (χ2n) is 6.87. The molecular weight excluding hydrogens is 511 g/mol. The van der Waals surface area contributed by atoms with Gasteiger partial charge in [0.05, 0.1) is 11.2 Å². The van der Waals surface area contributed by atoms with Crippen LogP contribution in [0.15, 0.2) is 33.4 Å². The third-order valence-electron chi connectivity index (χ3n) is 4.87. The average Bonchev–Trinajstić information content (AvgIpc) is 3.40. The minimum absolute atomic E-state index is 0. The molecule has 11 nitrogen and oxygen atoms in total. The molecule has 34 heavy (non-hydrogen) atoms. The molecule has 174 valence electrons. The summed E-state index contributed by atoms with van der Waals surface area (Å²) in [5.74, 6) is -2.04. The van der Waals surface area contributed by atoms with Crippen molar-refractivity contribution < 1.29 is 55.3 Å². The van der Waals surface area contributed by atoms with Crippen molar-refractivity contribution in [1.82, 2.24) is 20.2 Å². The van der Waals surface area contributed by atoms with E-state index in [1.165, 1.54) is 35.1 Å². The number of nitrogen functional groups attached to an aromatic ring is 1. The predicted octanol–water partition coefficient (Wildman–Crippen LogP) is -1.59. The van der Waals surface area contributed by atoms with E-state index in [1.807, 2.05) is 6.92 Å². The Hall–Kier alpha value is -2.23. The van der Waals surface area contributed by atoms with Gasteiger partial charge in [0.25, 0.3) is 11.8 Å². The maximum Gasteiger partial charge on any atom is 1.00 e. The third kappa shape index (κ3) is 5.06. The zero-order valence-electron chi connectivity index (χ0n) is 19.3. The summed E-state index contributed by atoms with van der Waals surface area (Å²) in [6.07, 6.45) is 3.49. The van der Waals surface area contributed by atoms with Crippen LogP contribution in [0.4, 0.5) is 5.13 Å². The van der Waals surface area contributed by atoms with Gasteiger partial charge in [-0.15, -0.1) is 34.4 Å². The molecule has 0 spiro atoms. The number of anilines is 1. The number of hydrogen-bond acceptors (Lipinski definition) is 11. The van der Waals surface area contributed by atoms with Crippen LogP contribution in [0.25, 0.3) is 6.08 Å². The van der Waals surface area contributed by atoms with Crippen LogP contribution < -0.4 is 40.6 Å². The van der Waals surface area contributed by atoms with Gasteiger partial charge in [-0.3, -0.25) is 14.5 Å². The van der Waals surface area contributed by atoms with E-state index in [0.717, 1.165) is 21.9 Å². The molecule has 1 fully saturated rings. The van der Waals surface area contributed by atoms with Crippen molar-refractivity contribution in [1.29, 1.82) is 0 Å². The van der Waals surface area contributed by atoms with Gasteiger partial charge in [0.15, 0.2) is 10.8 Å². The third-order valence-corrected chi connectivity index (χ3v) is 7.74. The number of carboxylic acids is 1. The Morgan fingerprint density at radius 3 is 2.76 bits per heavy atom. The number of nitrogens with one attached hydrogen (secondary N) is 1. The molecule has 1 saturated heterocycles. The molecule has 0 unspecified atom stereocenters. The fourth-order valence-electron chi connectivity index (χ4n) is 3.32. The van der Waals surface area contributed by atoms with E-state index < -0.39 is 29.2 Å². The number of oxime groups is 1. The van der Waals surface area contributed by atoms with E-state index in [2.05, 4.69) is 20.4 Å². The molecule has 0 aliphatic carbocycles. The van der Waals surface area contributed by atoms with Crippen LogP contribution in [0.3, 0.4) is 0 Å². The Labute approximate surface area is 229 Å². The number of thioether (sulfide) groups is 1. The first kappa shape index (κ1) is 26.4. The Bertz CT molecular complexity index is 1230. The summed E-state index contributed by atoms with van der Waals surface area (Å²) in [4.78, 5) is 52.7. The van der Waals surface area contributed by atoms with E-state index in [0.29, 0.717) is 11.3 Å². The number of carbonyl (C=O) groups is 3. The van der Waals surface area contributed by atoms with Crippen LogP contribution in [0.2, 0.25) is 0 Å². The van der Waals surface area contributed by atoms with Gasteiger partial charge in [-0.25, -0.2) is 14.8 Å². The summed E-state index contributed by atoms with van der Waals surface area (Å²) in [6, 6.07) is -0.913. The second kappa shape index (κ2) is 11.0. The summed E-state index contributed by atoms with van der Waals surface area (Å²) in [6.45, 7) is 1.86. The molecule has 0 radical (unpaired) electrons. The number of rotatable bonds is 7. The predicted molar refractivity (Wildman–Crippen MR) is 127 cm³/mol. The van der Waals surface area contributed by atoms with Crippen molar-refractivity contribution in [3.8, 4) is 0 Å². The van der Waals surface area contributed by atoms with E-state index in [9.17, 15) is 19.5 Å². The first-order valence-corrected chi connectivity index (χ1v) is 12.2. The Morgan fingerprint density at radius 2 is 2.18 bits per heavy atom. The number of amides is 2. The molecule has 15 heteroatoms. The first-order chi connectivity index (χ1) is 15.8. The van der Waals surface area contributed by atoms with Crippen molar-refractivity contribution in [2.75, 3.05) is 18.6 Å². The molecule has 0 saturated carbocycles. The van der Waals surface area contributed by atoms with E-state index in [4.69, 9.17) is 10.6 Å². The van der Waals surface area contributed by atoms with Crippen LogP contribution in [-0.2, 0) is 19.2 Å². The average molecular weight is 531 g/mol. The summed E-state index contributed by atoms with van der Waals surface area (Å²) in [5, 5.41) is 17.4. The first-order valence-electron chi connectivity index (χ1n) is 9.44. The number of carbonyl (C=O) groups excluding carboxylic acids is 2. The number of aromatic nitrogens is 2. The molecule has 4 N–H and O–H groups in total. The summed E-state index contributed by atoms with van der Waals surface area (Å²) in [5.41, 5.74) is 8.68. The molecule has 4 heterocycles. The smallest absolute Gasteiger partial charge is 1.00 e. The maximum atomic E-state index is 12.9. The zero-order valence-corrected chi connectivity index (χ0v) is 22.8. The molecule has 2 aliphatic heterocycles. The normalized spacial score (nSPS) is 20.0. The van der Waals surface area contributed by atoms with Crippen molar-refractivity contribution in [2.45, 2.75) is 18.3 Å². The molecule has 2 aliphatic rings. The van der Waals surface area contributed by atoms with E-state index in [-0.39, 0.29) is 53.2 Å². The van der Waals surface area contributed by atoms with Crippen LogP contribution in [0.5, 0.6) is 0 Å². The maximum absolute atomic E-state index is 12.9. The van der Waals surface area contributed by atoms with E-state index in [1.54, 1.807) is 23.0 Å². The molecular formula is C19H19N6NaO5S3. The van der Waals surface area contributed by atoms with Gasteiger partial charge >= 0.3 is 35.5 Å². The fourth-order valence-corrected chi connectivity index (χ4v) is 5.88. The van der Waals surface area contributed by atoms with Crippen molar-refractivity contribution in [2.24, 2.45) is 5.16 Å². The molecule has 4 rings (SSSR count). The number of β-lactam (4-membered cyclic amide) rings is 1. The van der Waals surface area contributed by atoms with Crippen molar-refractivity contribution >= 4 is 69.1 Å². The van der Waals surface area contributed by atoms with Gasteiger partial charge in [-0.05, 0) is 18.6 Å². The van der Waals surface area contributed by atoms with Gasteiger partial charge in [0, 0.05) is 16.0 Å². The number of thiazole rings is 2. The van der Waals surface area contributed by atoms with Gasteiger partial charge in [0.1, 0.15) is 29.9 Å². The van der Waals surface area contributed by atoms with Crippen LogP contribution in [0, 0.1) is 6.92 Å². The summed E-state index contributed by atoms with van der Waals surface area (Å²) < 4.78 is 0. The number of aliphatic carboxylic acids is 1. The fraction of sp³-hybridized carbons (Fsp3) is 0.263. The minimum Gasteiger partial charge on any atom is -1.00 e. The van der Waals surface area contributed by atoms with Crippen LogP contribution in [-0.4, -0.2) is 67.7 Å². The number of carboxylic acid groups (broad SMARTS) is 1. The number of nitrogens with two attached hydrogens (primary N) is 1. The van der Waals surface area contributed by atoms with Crippen molar-refractivity contribution in [3.05, 3.63) is 44.5 Å². The standard InChI is InChI=1S/C19H18N6O5S3.Na.H/c1-8-11(33-7-21-8)4-3-9-5-31-17-13(16(27)25(17)14(9)18(28)29)23-15(26)12(24-30-2)10-6-32-19(20)22-10;;/h3-4,6-7,13,17H,5H2,1-2H3,(H2,20,22)(H,23,26)(H,28,29);;/q;+1;-1/b4-3+,24-12+;;/t13-,17-;;/m1../s1. The quantitative estimate of drug-likeness (QED) is 0.166. The number of allylic oxidation sites excluding steroid dienone is 1. The Morgan fingerprint density at radius 1 is 1.41 bits per heavy atom. The SMILES string of the molecule is CO/N=C(/C(=O)N[C@@H]1C(=O)N2C(C(=O)O)=C(/C=C/c3scnc3C)CS[C@H]12)c1csc(N)n1.[H-].[Na+]. The van der Waals surface area contributed by atoms with Crippen LogP contribution in [0.1, 0.15) is 17.7 Å².